The molecule has 114 valence electrons. The van der Waals surface area contributed by atoms with Crippen molar-refractivity contribution >= 4 is 10.9 Å². The van der Waals surface area contributed by atoms with E-state index in [1.807, 2.05) is 0 Å². The van der Waals surface area contributed by atoms with E-state index in [0.29, 0.717) is 12.5 Å². The van der Waals surface area contributed by atoms with Crippen LogP contribution in [0.4, 0.5) is 0 Å². The molecule has 1 aromatic heterocycles. The molecule has 0 spiro atoms. The third-order valence-electron chi connectivity index (χ3n) is 4.71. The average molecular weight is 286 g/mol. The van der Waals surface area contributed by atoms with Gasteiger partial charge in [0, 0.05) is 30.3 Å². The van der Waals surface area contributed by atoms with Gasteiger partial charge in [-0.05, 0) is 62.7 Å². The standard InChI is InChI=1S/C18H26N2O/c21-14-15-6-5-11-20(13-15)10-4-3-7-16-12-19-18-9-2-1-8-17(16)18/h1-2,8-9,12,15,19,21H,3-7,10-11,13-14H2. The molecule has 3 rings (SSSR count). The molecule has 2 N–H and O–H groups in total. The van der Waals surface area contributed by atoms with Gasteiger partial charge in [0.05, 0.1) is 0 Å². The van der Waals surface area contributed by atoms with Crippen molar-refractivity contribution in [3.05, 3.63) is 36.0 Å². The largest absolute Gasteiger partial charge is 0.396 e. The van der Waals surface area contributed by atoms with Crippen molar-refractivity contribution in [3.8, 4) is 0 Å². The molecule has 1 aromatic carbocycles. The first-order chi connectivity index (χ1) is 10.4. The van der Waals surface area contributed by atoms with Crippen LogP contribution in [0.2, 0.25) is 0 Å². The summed E-state index contributed by atoms with van der Waals surface area (Å²) in [6, 6.07) is 8.54. The van der Waals surface area contributed by atoms with Gasteiger partial charge in [0.15, 0.2) is 0 Å². The summed E-state index contributed by atoms with van der Waals surface area (Å²) in [5, 5.41) is 10.6. The highest BCUT2D eigenvalue weighted by Crippen LogP contribution is 2.20. The van der Waals surface area contributed by atoms with Crippen molar-refractivity contribution < 1.29 is 5.11 Å². The maximum absolute atomic E-state index is 9.28. The molecule has 3 heteroatoms. The molecular weight excluding hydrogens is 260 g/mol. The minimum Gasteiger partial charge on any atom is -0.396 e. The second-order valence-electron chi connectivity index (χ2n) is 6.31. The van der Waals surface area contributed by atoms with Crippen molar-refractivity contribution in [1.82, 2.24) is 9.88 Å². The van der Waals surface area contributed by atoms with Gasteiger partial charge < -0.3 is 15.0 Å². The third kappa shape index (κ3) is 3.66. The summed E-state index contributed by atoms with van der Waals surface area (Å²) >= 11 is 0. The van der Waals surface area contributed by atoms with E-state index in [9.17, 15) is 5.11 Å². The van der Waals surface area contributed by atoms with Gasteiger partial charge >= 0.3 is 0 Å². The number of nitrogens with one attached hydrogen (secondary N) is 1. The fraction of sp³-hybridized carbons (Fsp3) is 0.556. The first kappa shape index (κ1) is 14.6. The second kappa shape index (κ2) is 7.10. The second-order valence-corrected chi connectivity index (χ2v) is 6.31. The van der Waals surface area contributed by atoms with Crippen molar-refractivity contribution in [2.75, 3.05) is 26.2 Å². The molecule has 2 heterocycles. The van der Waals surface area contributed by atoms with Crippen LogP contribution in [0, 0.1) is 5.92 Å². The molecule has 0 amide bonds. The number of hydrogen-bond donors (Lipinski definition) is 2. The van der Waals surface area contributed by atoms with Crippen molar-refractivity contribution in [3.63, 3.8) is 0 Å². The van der Waals surface area contributed by atoms with Gasteiger partial charge in [-0.25, -0.2) is 0 Å². The highest BCUT2D eigenvalue weighted by Gasteiger charge is 2.18. The smallest absolute Gasteiger partial charge is 0.0471 e. The molecule has 0 aliphatic carbocycles. The summed E-state index contributed by atoms with van der Waals surface area (Å²) in [7, 11) is 0. The van der Waals surface area contributed by atoms with Crippen LogP contribution in [0.3, 0.4) is 0 Å². The number of para-hydroxylation sites is 1. The molecule has 21 heavy (non-hydrogen) atoms. The van der Waals surface area contributed by atoms with Crippen LogP contribution in [0.25, 0.3) is 10.9 Å². The quantitative estimate of drug-likeness (QED) is 0.801. The molecule has 1 fully saturated rings. The minimum atomic E-state index is 0.353. The Morgan fingerprint density at radius 3 is 3.05 bits per heavy atom. The number of aliphatic hydroxyl groups is 1. The summed E-state index contributed by atoms with van der Waals surface area (Å²) in [4.78, 5) is 5.88. The number of aromatic nitrogens is 1. The number of rotatable bonds is 6. The van der Waals surface area contributed by atoms with E-state index >= 15 is 0 Å². The fourth-order valence-electron chi connectivity index (χ4n) is 3.49. The predicted octanol–water partition coefficient (Wildman–Crippen LogP) is 3.19. The normalized spacial score (nSPS) is 20.1. The summed E-state index contributed by atoms with van der Waals surface area (Å²) in [5.74, 6) is 0.507. The maximum atomic E-state index is 9.28. The maximum Gasteiger partial charge on any atom is 0.0471 e. The van der Waals surface area contributed by atoms with E-state index in [4.69, 9.17) is 0 Å². The summed E-state index contributed by atoms with van der Waals surface area (Å²) in [5.41, 5.74) is 2.69. The molecular formula is C18H26N2O. The lowest BCUT2D eigenvalue weighted by Gasteiger charge is -2.31. The number of nitrogens with zero attached hydrogens (tertiary/aromatic N) is 1. The van der Waals surface area contributed by atoms with Gasteiger partial charge in [-0.1, -0.05) is 18.2 Å². The van der Waals surface area contributed by atoms with Crippen LogP contribution in [0.1, 0.15) is 31.2 Å². The summed E-state index contributed by atoms with van der Waals surface area (Å²) in [6.45, 7) is 3.83. The third-order valence-corrected chi connectivity index (χ3v) is 4.71. The lowest BCUT2D eigenvalue weighted by Crippen LogP contribution is -2.37. The number of aliphatic hydroxyl groups excluding tert-OH is 1. The van der Waals surface area contributed by atoms with E-state index in [-0.39, 0.29) is 0 Å². The molecule has 1 aliphatic rings. The average Bonchev–Trinajstić information content (AvgIpc) is 2.95. The Balaban J connectivity index is 1.44. The van der Waals surface area contributed by atoms with Gasteiger partial charge in [-0.15, -0.1) is 0 Å². The summed E-state index contributed by atoms with van der Waals surface area (Å²) < 4.78 is 0. The van der Waals surface area contributed by atoms with Crippen molar-refractivity contribution in [1.29, 1.82) is 0 Å². The lowest BCUT2D eigenvalue weighted by molar-refractivity contribution is 0.119. The lowest BCUT2D eigenvalue weighted by atomic mass is 9.98. The van der Waals surface area contributed by atoms with E-state index in [1.165, 1.54) is 55.2 Å². The Labute approximate surface area is 127 Å². The number of benzene rings is 1. The van der Waals surface area contributed by atoms with Gasteiger partial charge in [0.2, 0.25) is 0 Å². The predicted molar refractivity (Wildman–Crippen MR) is 87.5 cm³/mol. The van der Waals surface area contributed by atoms with Crippen LogP contribution >= 0.6 is 0 Å². The minimum absolute atomic E-state index is 0.353. The molecule has 1 saturated heterocycles. The van der Waals surface area contributed by atoms with E-state index in [0.717, 1.165) is 13.0 Å². The van der Waals surface area contributed by atoms with Crippen molar-refractivity contribution in [2.24, 2.45) is 5.92 Å². The molecule has 1 aliphatic heterocycles. The van der Waals surface area contributed by atoms with E-state index < -0.39 is 0 Å². The van der Waals surface area contributed by atoms with Gasteiger partial charge in [-0.2, -0.15) is 0 Å². The molecule has 2 aromatic rings. The van der Waals surface area contributed by atoms with Crippen LogP contribution in [-0.2, 0) is 6.42 Å². The number of fused-ring (bicyclic) bond motifs is 1. The molecule has 3 nitrogen and oxygen atoms in total. The topological polar surface area (TPSA) is 39.3 Å². The molecule has 0 bridgehead atoms. The Hall–Kier alpha value is -1.32. The molecule has 0 saturated carbocycles. The number of likely N-dealkylation sites (tertiary alicyclic amines) is 1. The van der Waals surface area contributed by atoms with Gasteiger partial charge in [0.1, 0.15) is 0 Å². The Kier molecular flexibility index (Phi) is 4.94. The molecule has 0 radical (unpaired) electrons. The van der Waals surface area contributed by atoms with Gasteiger partial charge in [-0.3, -0.25) is 0 Å². The Bertz CT molecular complexity index is 563. The molecule has 1 atom stereocenters. The zero-order valence-corrected chi connectivity index (χ0v) is 12.7. The zero-order chi connectivity index (χ0) is 14.5. The number of aromatic amines is 1. The van der Waals surface area contributed by atoms with Crippen LogP contribution in [-0.4, -0.2) is 41.2 Å². The number of piperidine rings is 1. The number of H-pyrrole nitrogens is 1. The van der Waals surface area contributed by atoms with E-state index in [2.05, 4.69) is 40.3 Å². The number of aryl methyl sites for hydroxylation is 1. The SMILES string of the molecule is OCC1CCCN(CCCCc2c[nH]c3ccccc23)C1. The zero-order valence-electron chi connectivity index (χ0n) is 12.7. The highest BCUT2D eigenvalue weighted by molar-refractivity contribution is 5.82. The fourth-order valence-corrected chi connectivity index (χ4v) is 3.49. The monoisotopic (exact) mass is 286 g/mol. The van der Waals surface area contributed by atoms with Crippen LogP contribution in [0.15, 0.2) is 30.5 Å². The Morgan fingerprint density at radius 2 is 2.14 bits per heavy atom. The van der Waals surface area contributed by atoms with Gasteiger partial charge in [0.25, 0.3) is 0 Å². The van der Waals surface area contributed by atoms with Crippen molar-refractivity contribution in [2.45, 2.75) is 32.1 Å². The highest BCUT2D eigenvalue weighted by atomic mass is 16.3. The van der Waals surface area contributed by atoms with Crippen LogP contribution < -0.4 is 0 Å². The first-order valence-corrected chi connectivity index (χ1v) is 8.25. The van der Waals surface area contributed by atoms with E-state index in [1.54, 1.807) is 0 Å². The number of unbranched alkanes of at least 4 members (excludes halogenated alkanes) is 1. The number of hydrogen-bond acceptors (Lipinski definition) is 2. The Morgan fingerprint density at radius 1 is 1.24 bits per heavy atom. The summed E-state index contributed by atoms with van der Waals surface area (Å²) in [6.07, 6.45) is 8.24. The first-order valence-electron chi connectivity index (χ1n) is 8.25. The molecule has 1 unspecified atom stereocenters. The van der Waals surface area contributed by atoms with Crippen LogP contribution in [0.5, 0.6) is 0 Å².